The Balaban J connectivity index is 4.34. The Hall–Kier alpha value is -0.570. The Kier molecular flexibility index (Phi) is 4.40. The van der Waals surface area contributed by atoms with Crippen LogP contribution in [0, 0.1) is 11.3 Å². The lowest BCUT2D eigenvalue weighted by atomic mass is 9.78. The van der Waals surface area contributed by atoms with Crippen molar-refractivity contribution in [2.24, 2.45) is 17.1 Å². The zero-order valence-corrected chi connectivity index (χ0v) is 9.26. The molecule has 0 heterocycles. The molecule has 3 nitrogen and oxygen atoms in total. The van der Waals surface area contributed by atoms with Gasteiger partial charge in [0.25, 0.3) is 0 Å². The third kappa shape index (κ3) is 3.77. The average molecular weight is 187 g/mol. The summed E-state index contributed by atoms with van der Waals surface area (Å²) in [6.07, 6.45) is 0.920. The number of nitrogens with two attached hydrogens (primary N) is 1. The first-order valence-electron chi connectivity index (χ1n) is 4.64. The minimum atomic E-state index is -0.528. The van der Waals surface area contributed by atoms with Crippen molar-refractivity contribution in [3.8, 4) is 0 Å². The lowest BCUT2D eigenvalue weighted by Gasteiger charge is -2.31. The van der Waals surface area contributed by atoms with E-state index in [0.29, 0.717) is 5.92 Å². The fourth-order valence-electron chi connectivity index (χ4n) is 1.63. The summed E-state index contributed by atoms with van der Waals surface area (Å²) in [4.78, 5) is 11.2. The molecular weight excluding hydrogens is 166 g/mol. The molecule has 1 atom stereocenters. The fraction of sp³-hybridized carbons (Fsp3) is 0.900. The van der Waals surface area contributed by atoms with Gasteiger partial charge in [0.2, 0.25) is 0 Å². The van der Waals surface area contributed by atoms with Crippen molar-refractivity contribution in [2.45, 2.75) is 40.2 Å². The van der Waals surface area contributed by atoms with Crippen LogP contribution in [0.15, 0.2) is 0 Å². The predicted octanol–water partition coefficient (Wildman–Crippen LogP) is 1.56. The summed E-state index contributed by atoms with van der Waals surface area (Å²) in [5.41, 5.74) is 5.59. The molecule has 1 unspecified atom stereocenters. The van der Waals surface area contributed by atoms with Crippen LogP contribution in [0.1, 0.15) is 34.1 Å². The van der Waals surface area contributed by atoms with Crippen molar-refractivity contribution in [3.63, 3.8) is 0 Å². The van der Waals surface area contributed by atoms with Crippen LogP contribution in [0.4, 0.5) is 0 Å². The number of ether oxygens (including phenoxy) is 1. The molecule has 0 bridgehead atoms. The highest BCUT2D eigenvalue weighted by atomic mass is 16.5. The van der Waals surface area contributed by atoms with Crippen molar-refractivity contribution >= 4 is 5.97 Å². The molecule has 78 valence electrons. The molecule has 0 aromatic heterocycles. The minimum absolute atomic E-state index is 0.193. The molecule has 0 aliphatic rings. The number of methoxy groups -OCH3 is 1. The van der Waals surface area contributed by atoms with E-state index in [-0.39, 0.29) is 11.4 Å². The first kappa shape index (κ1) is 12.4. The molecule has 0 aromatic rings. The van der Waals surface area contributed by atoms with Gasteiger partial charge in [0.15, 0.2) is 0 Å². The van der Waals surface area contributed by atoms with Gasteiger partial charge < -0.3 is 10.5 Å². The van der Waals surface area contributed by atoms with Crippen molar-refractivity contribution in [2.75, 3.05) is 7.11 Å². The predicted molar refractivity (Wildman–Crippen MR) is 53.2 cm³/mol. The molecule has 0 saturated heterocycles. The van der Waals surface area contributed by atoms with Gasteiger partial charge in [-0.1, -0.05) is 27.7 Å². The Morgan fingerprint density at radius 2 is 1.92 bits per heavy atom. The van der Waals surface area contributed by atoms with Crippen molar-refractivity contribution < 1.29 is 9.53 Å². The highest BCUT2D eigenvalue weighted by Gasteiger charge is 2.33. The highest BCUT2D eigenvalue weighted by molar-refractivity contribution is 5.76. The molecule has 0 radical (unpaired) electrons. The smallest absolute Gasteiger partial charge is 0.323 e. The van der Waals surface area contributed by atoms with E-state index >= 15 is 0 Å². The third-order valence-corrected chi connectivity index (χ3v) is 2.23. The fourth-order valence-corrected chi connectivity index (χ4v) is 1.63. The lowest BCUT2D eigenvalue weighted by Crippen LogP contribution is -2.45. The van der Waals surface area contributed by atoms with Crippen LogP contribution >= 0.6 is 0 Å². The van der Waals surface area contributed by atoms with Crippen LogP contribution in [0.3, 0.4) is 0 Å². The molecule has 13 heavy (non-hydrogen) atoms. The second-order valence-electron chi connectivity index (χ2n) is 4.59. The topological polar surface area (TPSA) is 52.3 Å². The van der Waals surface area contributed by atoms with E-state index in [0.717, 1.165) is 6.42 Å². The van der Waals surface area contributed by atoms with Gasteiger partial charge in [0, 0.05) is 0 Å². The normalized spacial score (nSPS) is 14.4. The van der Waals surface area contributed by atoms with Crippen LogP contribution in [-0.2, 0) is 9.53 Å². The van der Waals surface area contributed by atoms with Crippen LogP contribution in [0.5, 0.6) is 0 Å². The molecule has 0 rings (SSSR count). The SMILES string of the molecule is COC(=O)C(N)C(C)(C)CC(C)C. The molecule has 0 fully saturated rings. The molecular formula is C10H21NO2. The summed E-state index contributed by atoms with van der Waals surface area (Å²) in [6, 6.07) is -0.528. The molecule has 2 N–H and O–H groups in total. The molecule has 0 spiro atoms. The Bertz CT molecular complexity index is 176. The number of carbonyl (C=O) groups is 1. The summed E-state index contributed by atoms with van der Waals surface area (Å²) < 4.78 is 4.62. The van der Waals surface area contributed by atoms with Crippen molar-refractivity contribution in [1.29, 1.82) is 0 Å². The Morgan fingerprint density at radius 1 is 1.46 bits per heavy atom. The average Bonchev–Trinajstić information content (AvgIpc) is 1.99. The van der Waals surface area contributed by atoms with Crippen LogP contribution in [0.2, 0.25) is 0 Å². The highest BCUT2D eigenvalue weighted by Crippen LogP contribution is 2.28. The maximum Gasteiger partial charge on any atom is 0.323 e. The summed E-state index contributed by atoms with van der Waals surface area (Å²) in [6.45, 7) is 8.22. The quantitative estimate of drug-likeness (QED) is 0.679. The Labute approximate surface area is 80.6 Å². The van der Waals surface area contributed by atoms with E-state index in [1.807, 2.05) is 13.8 Å². The summed E-state index contributed by atoms with van der Waals surface area (Å²) in [5.74, 6) is 0.205. The van der Waals surface area contributed by atoms with Crippen LogP contribution in [-0.4, -0.2) is 19.1 Å². The van der Waals surface area contributed by atoms with E-state index in [1.54, 1.807) is 0 Å². The number of carbonyl (C=O) groups excluding carboxylic acids is 1. The van der Waals surface area contributed by atoms with Gasteiger partial charge in [-0.2, -0.15) is 0 Å². The maximum atomic E-state index is 11.2. The minimum Gasteiger partial charge on any atom is -0.468 e. The standard InChI is InChI=1S/C10H21NO2/c1-7(2)6-10(3,4)8(11)9(12)13-5/h7-8H,6,11H2,1-5H3. The summed E-state index contributed by atoms with van der Waals surface area (Å²) in [7, 11) is 1.37. The molecule has 3 heteroatoms. The van der Waals surface area contributed by atoms with Gasteiger partial charge in [-0.3, -0.25) is 4.79 Å². The molecule has 0 aliphatic carbocycles. The van der Waals surface area contributed by atoms with E-state index in [9.17, 15) is 4.79 Å². The molecule has 0 saturated carbocycles. The number of esters is 1. The molecule has 0 aromatic carbocycles. The van der Waals surface area contributed by atoms with Crippen molar-refractivity contribution in [3.05, 3.63) is 0 Å². The second kappa shape index (κ2) is 4.61. The zero-order chi connectivity index (χ0) is 10.6. The van der Waals surface area contributed by atoms with Gasteiger partial charge in [-0.25, -0.2) is 0 Å². The van der Waals surface area contributed by atoms with Crippen LogP contribution in [0.25, 0.3) is 0 Å². The third-order valence-electron chi connectivity index (χ3n) is 2.23. The summed E-state index contributed by atoms with van der Waals surface area (Å²) >= 11 is 0. The second-order valence-corrected chi connectivity index (χ2v) is 4.59. The van der Waals surface area contributed by atoms with Gasteiger partial charge in [0.1, 0.15) is 6.04 Å². The van der Waals surface area contributed by atoms with E-state index in [2.05, 4.69) is 18.6 Å². The van der Waals surface area contributed by atoms with Gasteiger partial charge >= 0.3 is 5.97 Å². The van der Waals surface area contributed by atoms with E-state index in [4.69, 9.17) is 5.73 Å². The van der Waals surface area contributed by atoms with Gasteiger partial charge in [0.05, 0.1) is 7.11 Å². The first-order chi connectivity index (χ1) is 5.81. The Morgan fingerprint density at radius 3 is 2.23 bits per heavy atom. The molecule has 0 aliphatic heterocycles. The van der Waals surface area contributed by atoms with Gasteiger partial charge in [-0.05, 0) is 17.8 Å². The van der Waals surface area contributed by atoms with Crippen LogP contribution < -0.4 is 5.73 Å². The summed E-state index contributed by atoms with van der Waals surface area (Å²) in [5, 5.41) is 0. The first-order valence-corrected chi connectivity index (χ1v) is 4.64. The van der Waals surface area contributed by atoms with Gasteiger partial charge in [-0.15, -0.1) is 0 Å². The number of rotatable bonds is 4. The number of hydrogen-bond acceptors (Lipinski definition) is 3. The maximum absolute atomic E-state index is 11.2. The monoisotopic (exact) mass is 187 g/mol. The number of hydrogen-bond donors (Lipinski definition) is 1. The lowest BCUT2D eigenvalue weighted by molar-refractivity contribution is -0.145. The van der Waals surface area contributed by atoms with E-state index < -0.39 is 6.04 Å². The van der Waals surface area contributed by atoms with Crippen molar-refractivity contribution in [1.82, 2.24) is 0 Å². The zero-order valence-electron chi connectivity index (χ0n) is 9.26. The largest absolute Gasteiger partial charge is 0.468 e. The molecule has 0 amide bonds. The van der Waals surface area contributed by atoms with E-state index in [1.165, 1.54) is 7.11 Å².